The molecule has 0 spiro atoms. The van der Waals surface area contributed by atoms with Crippen LogP contribution in [0, 0.1) is 17.7 Å². The lowest BCUT2D eigenvalue weighted by molar-refractivity contribution is -0.140. The van der Waals surface area contributed by atoms with Gasteiger partial charge in [-0.1, -0.05) is 18.1 Å². The number of amides is 1. The number of anilines is 2. The molecule has 12 nitrogen and oxygen atoms in total. The molecule has 3 N–H and O–H groups in total. The second-order valence-corrected chi connectivity index (χ2v) is 14.9. The number of aromatic nitrogens is 4. The molecule has 2 fully saturated rings. The zero-order valence-electron chi connectivity index (χ0n) is 30.1. The number of hydrogen-bond acceptors (Lipinski definition) is 10. The SMILES string of the molecule is C=C1CN2CCC[C@]2(COc2nc3c(c(N4Cc5cc(C(=O)N(C)C)nn5C[C@](C)(O)C4)n2)CO[C@@H](c2c(F)c(N)cc(C#CC)c2C(F)(F)F)C3)C1. The van der Waals surface area contributed by atoms with Gasteiger partial charge in [0.1, 0.15) is 12.4 Å². The van der Waals surface area contributed by atoms with Crippen LogP contribution in [-0.4, -0.2) is 92.0 Å². The Hall–Kier alpha value is -4.72. The van der Waals surface area contributed by atoms with Gasteiger partial charge < -0.3 is 30.1 Å². The summed E-state index contributed by atoms with van der Waals surface area (Å²) in [6.07, 6.45) is -4.01. The third-order valence-corrected chi connectivity index (χ3v) is 10.4. The van der Waals surface area contributed by atoms with Gasteiger partial charge in [-0.2, -0.15) is 28.2 Å². The second-order valence-electron chi connectivity index (χ2n) is 14.9. The summed E-state index contributed by atoms with van der Waals surface area (Å²) < 4.78 is 73.7. The molecule has 0 unspecified atom stereocenters. The number of alkyl halides is 3. The standard InChI is InChI=1S/C37H42F4N8O4/c1-6-8-22-11-25(42)31(38)29(30(22)37(39,40)41)28-13-26-24(17-52-28)32(44-34(43-26)53-20-36-9-7-10-48(36)15-21(2)14-36)47-16-23-12-27(33(50)46(4)5)45-49(23)19-35(3,51)18-47/h11-12,28,51H,2,7,9-10,13-20,42H2,1,3-5H3/t28-,35-,36-/m1/s1. The molecule has 4 aliphatic rings. The van der Waals surface area contributed by atoms with Crippen molar-refractivity contribution in [3.63, 3.8) is 0 Å². The first-order chi connectivity index (χ1) is 25.0. The fourth-order valence-electron chi connectivity index (χ4n) is 8.17. The van der Waals surface area contributed by atoms with E-state index in [4.69, 9.17) is 25.2 Å². The number of benzene rings is 1. The highest BCUT2D eigenvalue weighted by molar-refractivity contribution is 5.92. The van der Waals surface area contributed by atoms with E-state index in [-0.39, 0.29) is 62.4 Å². The number of aliphatic hydroxyl groups is 1. The third kappa shape index (κ3) is 6.81. The predicted octanol–water partition coefficient (Wildman–Crippen LogP) is 4.24. The zero-order valence-corrected chi connectivity index (χ0v) is 30.1. The van der Waals surface area contributed by atoms with Crippen LogP contribution in [0.3, 0.4) is 0 Å². The van der Waals surface area contributed by atoms with Crippen molar-refractivity contribution in [3.05, 3.63) is 69.4 Å². The molecule has 1 amide bonds. The third-order valence-electron chi connectivity index (χ3n) is 10.4. The number of hydrogen-bond donors (Lipinski definition) is 2. The molecule has 3 atom stereocenters. The van der Waals surface area contributed by atoms with Gasteiger partial charge in [-0.3, -0.25) is 14.4 Å². The lowest BCUT2D eigenvalue weighted by Crippen LogP contribution is -2.44. The highest BCUT2D eigenvalue weighted by Gasteiger charge is 2.47. The van der Waals surface area contributed by atoms with E-state index < -0.39 is 46.1 Å². The molecule has 0 saturated carbocycles. The van der Waals surface area contributed by atoms with Crippen molar-refractivity contribution < 1.29 is 36.9 Å². The number of ether oxygens (including phenoxy) is 2. The number of nitrogens with two attached hydrogens (primary N) is 1. The number of β-amino-alcohol motifs (C(OH)–C–C–N with tert-alkyl or cyclic N) is 1. The van der Waals surface area contributed by atoms with Gasteiger partial charge in [-0.25, -0.2) is 4.39 Å². The molecule has 282 valence electrons. The van der Waals surface area contributed by atoms with E-state index in [1.54, 1.807) is 36.7 Å². The van der Waals surface area contributed by atoms with E-state index in [1.165, 1.54) is 11.8 Å². The minimum atomic E-state index is -4.97. The molecule has 16 heteroatoms. The molecule has 0 aliphatic carbocycles. The summed E-state index contributed by atoms with van der Waals surface area (Å²) in [5.74, 6) is 3.67. The number of halogens is 4. The predicted molar refractivity (Wildman–Crippen MR) is 186 cm³/mol. The van der Waals surface area contributed by atoms with Gasteiger partial charge in [-0.05, 0) is 51.8 Å². The van der Waals surface area contributed by atoms with Gasteiger partial charge >= 0.3 is 12.2 Å². The summed E-state index contributed by atoms with van der Waals surface area (Å²) in [7, 11) is 3.24. The minimum absolute atomic E-state index is 0.0133. The molecule has 0 radical (unpaired) electrons. The van der Waals surface area contributed by atoms with E-state index in [1.807, 2.05) is 0 Å². The Balaban J connectivity index is 1.32. The maximum atomic E-state index is 15.8. The quantitative estimate of drug-likeness (QED) is 0.164. The number of nitrogens with zero attached hydrogens (tertiary/aromatic N) is 7. The van der Waals surface area contributed by atoms with Crippen LogP contribution >= 0.6 is 0 Å². The van der Waals surface area contributed by atoms with Gasteiger partial charge in [0, 0.05) is 43.8 Å². The van der Waals surface area contributed by atoms with Gasteiger partial charge in [-0.15, -0.1) is 5.92 Å². The van der Waals surface area contributed by atoms with Gasteiger partial charge in [0.2, 0.25) is 0 Å². The van der Waals surface area contributed by atoms with Crippen LogP contribution in [0.25, 0.3) is 0 Å². The molecule has 2 saturated heterocycles. The lowest BCUT2D eigenvalue weighted by atomic mass is 9.90. The van der Waals surface area contributed by atoms with E-state index in [0.29, 0.717) is 22.8 Å². The topological polar surface area (TPSA) is 135 Å². The van der Waals surface area contributed by atoms with Crippen LogP contribution in [0.2, 0.25) is 0 Å². The maximum Gasteiger partial charge on any atom is 0.418 e. The van der Waals surface area contributed by atoms with Crippen LogP contribution in [0.15, 0.2) is 24.3 Å². The Morgan fingerprint density at radius 3 is 2.74 bits per heavy atom. The van der Waals surface area contributed by atoms with Gasteiger partial charge in [0.05, 0.1) is 66.1 Å². The monoisotopic (exact) mass is 738 g/mol. The smallest absolute Gasteiger partial charge is 0.418 e. The normalized spacial score (nSPS) is 24.2. The van der Waals surface area contributed by atoms with Crippen molar-refractivity contribution in [1.82, 2.24) is 29.5 Å². The van der Waals surface area contributed by atoms with E-state index in [9.17, 15) is 23.1 Å². The summed E-state index contributed by atoms with van der Waals surface area (Å²) in [6, 6.07) is 2.53. The summed E-state index contributed by atoms with van der Waals surface area (Å²) in [6.45, 7) is 9.17. The Kier molecular flexibility index (Phi) is 9.19. The van der Waals surface area contributed by atoms with Crippen molar-refractivity contribution in [2.45, 2.75) is 82.6 Å². The highest BCUT2D eigenvalue weighted by Crippen LogP contribution is 2.45. The lowest BCUT2D eigenvalue weighted by Gasteiger charge is -2.34. The number of rotatable bonds is 6. The average Bonchev–Trinajstić information content (AvgIpc) is 3.72. The summed E-state index contributed by atoms with van der Waals surface area (Å²) in [5, 5.41) is 16.0. The molecule has 6 heterocycles. The first-order valence-electron chi connectivity index (χ1n) is 17.4. The summed E-state index contributed by atoms with van der Waals surface area (Å²) in [4.78, 5) is 27.9. The van der Waals surface area contributed by atoms with Crippen molar-refractivity contribution in [2.24, 2.45) is 0 Å². The van der Waals surface area contributed by atoms with E-state index in [0.717, 1.165) is 44.0 Å². The molecular weight excluding hydrogens is 696 g/mol. The highest BCUT2D eigenvalue weighted by atomic mass is 19.4. The largest absolute Gasteiger partial charge is 0.461 e. The molecule has 4 aliphatic heterocycles. The van der Waals surface area contributed by atoms with Crippen LogP contribution in [0.5, 0.6) is 6.01 Å². The number of fused-ring (bicyclic) bond motifs is 3. The van der Waals surface area contributed by atoms with Crippen LogP contribution in [0.4, 0.5) is 29.1 Å². The number of carbonyl (C=O) groups is 1. The number of nitrogen functional groups attached to an aromatic ring is 1. The van der Waals surface area contributed by atoms with Crippen LogP contribution in [0.1, 0.15) is 83.3 Å². The van der Waals surface area contributed by atoms with Gasteiger partial charge in [0.15, 0.2) is 11.5 Å². The van der Waals surface area contributed by atoms with Crippen LogP contribution < -0.4 is 15.4 Å². The van der Waals surface area contributed by atoms with Gasteiger partial charge in [0.25, 0.3) is 5.91 Å². The Labute approximate surface area is 304 Å². The van der Waals surface area contributed by atoms with E-state index >= 15 is 4.39 Å². The minimum Gasteiger partial charge on any atom is -0.461 e. The first kappa shape index (κ1) is 36.6. The molecule has 1 aromatic carbocycles. The van der Waals surface area contributed by atoms with Crippen molar-refractivity contribution in [3.8, 4) is 17.9 Å². The molecular formula is C37H42F4N8O4. The Morgan fingerprint density at radius 1 is 1.25 bits per heavy atom. The molecule has 0 bridgehead atoms. The average molecular weight is 739 g/mol. The summed E-state index contributed by atoms with van der Waals surface area (Å²) >= 11 is 0. The number of carbonyl (C=O) groups excluding carboxylic acids is 1. The van der Waals surface area contributed by atoms with Crippen molar-refractivity contribution >= 4 is 17.4 Å². The molecule has 2 aromatic heterocycles. The maximum absolute atomic E-state index is 15.8. The Morgan fingerprint density at radius 2 is 2.02 bits per heavy atom. The fourth-order valence-corrected chi connectivity index (χ4v) is 8.17. The van der Waals surface area contributed by atoms with Crippen LogP contribution in [-0.2, 0) is 37.0 Å². The fraction of sp³-hybridized carbons (Fsp3) is 0.514. The molecule has 7 rings (SSSR count). The molecule has 53 heavy (non-hydrogen) atoms. The zero-order chi connectivity index (χ0) is 38.0. The summed E-state index contributed by atoms with van der Waals surface area (Å²) in [5.41, 5.74) is 4.02. The first-order valence-corrected chi connectivity index (χ1v) is 17.4. The molecule has 3 aromatic rings. The van der Waals surface area contributed by atoms with Crippen molar-refractivity contribution in [2.75, 3.05) is 51.0 Å². The van der Waals surface area contributed by atoms with Crippen molar-refractivity contribution in [1.29, 1.82) is 0 Å². The Bertz CT molecular complexity index is 2050. The van der Waals surface area contributed by atoms with E-state index in [2.05, 4.69) is 28.4 Å². The second kappa shape index (κ2) is 13.3.